The largest absolute Gasteiger partial charge is 0.507 e. The van der Waals surface area contributed by atoms with Crippen LogP contribution in [0.4, 0.5) is 10.3 Å². The number of hydrogen-bond donors (Lipinski definition) is 1. The summed E-state index contributed by atoms with van der Waals surface area (Å²) in [5.74, 6) is -2.69. The third-order valence-electron chi connectivity index (χ3n) is 4.49. The minimum atomic E-state index is -0.999. The lowest BCUT2D eigenvalue weighted by molar-refractivity contribution is -0.132. The number of rotatable bonds is 3. The Balaban J connectivity index is 1.95. The van der Waals surface area contributed by atoms with E-state index in [0.717, 1.165) is 17.0 Å². The number of aliphatic hydroxyl groups excluding tert-OH is 1. The van der Waals surface area contributed by atoms with Crippen molar-refractivity contribution in [3.05, 3.63) is 94.5 Å². The number of aliphatic hydroxyl groups is 1. The van der Waals surface area contributed by atoms with Gasteiger partial charge in [-0.2, -0.15) is 0 Å². The molecule has 1 unspecified atom stereocenters. The Morgan fingerprint density at radius 2 is 1.72 bits per heavy atom. The van der Waals surface area contributed by atoms with Gasteiger partial charge in [0.25, 0.3) is 5.78 Å². The molecule has 4 rings (SSSR count). The molecule has 1 saturated heterocycles. The number of hydrogen-bond acceptors (Lipinski definition) is 5. The third kappa shape index (κ3) is 3.36. The summed E-state index contributed by atoms with van der Waals surface area (Å²) in [5, 5.41) is 11.2. The maximum Gasteiger partial charge on any atom is 0.302 e. The first-order valence-corrected chi connectivity index (χ1v) is 8.94. The second kappa shape index (κ2) is 7.44. The molecule has 1 aliphatic heterocycles. The normalized spacial score (nSPS) is 18.3. The van der Waals surface area contributed by atoms with Crippen LogP contribution in [-0.2, 0) is 9.59 Å². The number of benzene rings is 2. The van der Waals surface area contributed by atoms with Crippen molar-refractivity contribution < 1.29 is 19.1 Å². The highest BCUT2D eigenvalue weighted by Gasteiger charge is 2.48. The van der Waals surface area contributed by atoms with Crippen LogP contribution >= 0.6 is 11.6 Å². The van der Waals surface area contributed by atoms with E-state index in [9.17, 15) is 19.1 Å². The first kappa shape index (κ1) is 18.8. The number of Topliss-reactive ketones (excluding diaryl/α,β-unsaturated/α-hetero) is 1. The standard InChI is InChI=1S/C21H13ClFN3O3/c22-14-4-1-3-13(11-14)17-16(18(27)12-5-7-15(23)8-6-12)19(28)20(29)26(17)21-24-9-2-10-25-21/h1-11,17,27H. The van der Waals surface area contributed by atoms with Crippen LogP contribution in [0.5, 0.6) is 0 Å². The smallest absolute Gasteiger partial charge is 0.302 e. The summed E-state index contributed by atoms with van der Waals surface area (Å²) in [7, 11) is 0. The van der Waals surface area contributed by atoms with E-state index in [1.165, 1.54) is 24.5 Å². The van der Waals surface area contributed by atoms with Crippen LogP contribution < -0.4 is 4.90 Å². The second-order valence-corrected chi connectivity index (χ2v) is 6.72. The molecule has 2 aromatic carbocycles. The van der Waals surface area contributed by atoms with Crippen LogP contribution in [0.2, 0.25) is 5.02 Å². The van der Waals surface area contributed by atoms with Crippen molar-refractivity contribution in [2.75, 3.05) is 4.90 Å². The first-order valence-electron chi connectivity index (χ1n) is 8.57. The Hall–Kier alpha value is -3.58. The molecule has 1 fully saturated rings. The fourth-order valence-corrected chi connectivity index (χ4v) is 3.41. The zero-order valence-corrected chi connectivity index (χ0v) is 15.5. The number of ketones is 1. The fraction of sp³-hybridized carbons (Fsp3) is 0.0476. The Labute approximate surface area is 169 Å². The summed E-state index contributed by atoms with van der Waals surface area (Å²) in [6.45, 7) is 0. The molecule has 1 aromatic heterocycles. The van der Waals surface area contributed by atoms with Crippen molar-refractivity contribution in [1.82, 2.24) is 9.97 Å². The molecule has 144 valence electrons. The quantitative estimate of drug-likeness (QED) is 0.403. The fourth-order valence-electron chi connectivity index (χ4n) is 3.21. The minimum absolute atomic E-state index is 0.0118. The maximum absolute atomic E-state index is 13.3. The van der Waals surface area contributed by atoms with Crippen LogP contribution in [0.25, 0.3) is 5.76 Å². The Morgan fingerprint density at radius 3 is 2.38 bits per heavy atom. The van der Waals surface area contributed by atoms with Gasteiger partial charge in [0.2, 0.25) is 5.95 Å². The lowest BCUT2D eigenvalue weighted by Gasteiger charge is -2.23. The number of carbonyl (C=O) groups is 2. The monoisotopic (exact) mass is 409 g/mol. The molecule has 3 aromatic rings. The van der Waals surface area contributed by atoms with Crippen molar-refractivity contribution in [1.29, 1.82) is 0 Å². The second-order valence-electron chi connectivity index (χ2n) is 6.28. The molecule has 0 bridgehead atoms. The van der Waals surface area contributed by atoms with Gasteiger partial charge in [-0.15, -0.1) is 0 Å². The van der Waals surface area contributed by atoms with E-state index in [-0.39, 0.29) is 17.1 Å². The summed E-state index contributed by atoms with van der Waals surface area (Å²) in [6.07, 6.45) is 2.88. The Morgan fingerprint density at radius 1 is 1.03 bits per heavy atom. The average Bonchev–Trinajstić information content (AvgIpc) is 2.99. The van der Waals surface area contributed by atoms with Gasteiger partial charge in [0.05, 0.1) is 11.6 Å². The highest BCUT2D eigenvalue weighted by Crippen LogP contribution is 2.41. The molecule has 0 aliphatic carbocycles. The zero-order valence-electron chi connectivity index (χ0n) is 14.8. The molecule has 1 atom stereocenters. The molecule has 2 heterocycles. The molecule has 8 heteroatoms. The molecule has 1 N–H and O–H groups in total. The summed E-state index contributed by atoms with van der Waals surface area (Å²) >= 11 is 6.11. The molecule has 29 heavy (non-hydrogen) atoms. The van der Waals surface area contributed by atoms with Crippen LogP contribution in [0.15, 0.2) is 72.6 Å². The van der Waals surface area contributed by atoms with Gasteiger partial charge < -0.3 is 5.11 Å². The number of nitrogens with zero attached hydrogens (tertiary/aromatic N) is 3. The predicted octanol–water partition coefficient (Wildman–Crippen LogP) is 3.90. The number of aromatic nitrogens is 2. The van der Waals surface area contributed by atoms with Gasteiger partial charge in [-0.25, -0.2) is 14.4 Å². The summed E-state index contributed by atoms with van der Waals surface area (Å²) in [4.78, 5) is 35.0. The number of halogens is 2. The highest BCUT2D eigenvalue weighted by molar-refractivity contribution is 6.51. The van der Waals surface area contributed by atoms with E-state index in [0.29, 0.717) is 10.6 Å². The topological polar surface area (TPSA) is 83.4 Å². The van der Waals surface area contributed by atoms with E-state index < -0.39 is 29.3 Å². The van der Waals surface area contributed by atoms with Crippen molar-refractivity contribution in [2.45, 2.75) is 6.04 Å². The van der Waals surface area contributed by atoms with E-state index in [1.807, 2.05) is 0 Å². The van der Waals surface area contributed by atoms with Crippen molar-refractivity contribution in [2.24, 2.45) is 0 Å². The molecule has 6 nitrogen and oxygen atoms in total. The molecule has 1 aliphatic rings. The van der Waals surface area contributed by atoms with Crippen LogP contribution in [0.1, 0.15) is 17.2 Å². The predicted molar refractivity (Wildman–Crippen MR) is 105 cm³/mol. The summed E-state index contributed by atoms with van der Waals surface area (Å²) in [6, 6.07) is 12.1. The van der Waals surface area contributed by atoms with Gasteiger partial charge >= 0.3 is 5.91 Å². The zero-order chi connectivity index (χ0) is 20.5. The summed E-state index contributed by atoms with van der Waals surface area (Å²) in [5.41, 5.74) is 0.537. The van der Waals surface area contributed by atoms with E-state index >= 15 is 0 Å². The molecular formula is C21H13ClFN3O3. The van der Waals surface area contributed by atoms with Gasteiger partial charge in [0.1, 0.15) is 11.6 Å². The van der Waals surface area contributed by atoms with Crippen LogP contribution in [0.3, 0.4) is 0 Å². The summed E-state index contributed by atoms with van der Waals surface area (Å²) < 4.78 is 13.3. The average molecular weight is 410 g/mol. The molecule has 0 spiro atoms. The number of anilines is 1. The van der Waals surface area contributed by atoms with E-state index in [2.05, 4.69) is 9.97 Å². The molecular weight excluding hydrogens is 397 g/mol. The Kier molecular flexibility index (Phi) is 4.82. The van der Waals surface area contributed by atoms with Gasteiger partial charge in [-0.1, -0.05) is 23.7 Å². The first-order chi connectivity index (χ1) is 14.0. The van der Waals surface area contributed by atoms with Gasteiger partial charge in [0.15, 0.2) is 0 Å². The third-order valence-corrected chi connectivity index (χ3v) is 4.73. The molecule has 1 amide bonds. The van der Waals surface area contributed by atoms with Crippen molar-refractivity contribution in [3.8, 4) is 0 Å². The molecule has 0 saturated carbocycles. The highest BCUT2D eigenvalue weighted by atomic mass is 35.5. The van der Waals surface area contributed by atoms with E-state index in [4.69, 9.17) is 11.6 Å². The molecule has 0 radical (unpaired) electrons. The minimum Gasteiger partial charge on any atom is -0.507 e. The van der Waals surface area contributed by atoms with Gasteiger partial charge in [-0.05, 0) is 48.0 Å². The van der Waals surface area contributed by atoms with Gasteiger partial charge in [0, 0.05) is 23.0 Å². The van der Waals surface area contributed by atoms with Crippen molar-refractivity contribution in [3.63, 3.8) is 0 Å². The number of amides is 1. The lowest BCUT2D eigenvalue weighted by Crippen LogP contribution is -2.31. The maximum atomic E-state index is 13.3. The Bertz CT molecular complexity index is 1130. The van der Waals surface area contributed by atoms with E-state index in [1.54, 1.807) is 30.3 Å². The van der Waals surface area contributed by atoms with Gasteiger partial charge in [-0.3, -0.25) is 14.5 Å². The van der Waals surface area contributed by atoms with Crippen molar-refractivity contribution >= 4 is 35.0 Å². The SMILES string of the molecule is O=C1C(=O)N(c2ncccn2)C(c2cccc(Cl)c2)C1=C(O)c1ccc(F)cc1. The van der Waals surface area contributed by atoms with Crippen LogP contribution in [0, 0.1) is 5.82 Å². The van der Waals surface area contributed by atoms with Crippen LogP contribution in [-0.4, -0.2) is 26.8 Å². The number of carbonyl (C=O) groups excluding carboxylic acids is 2. The lowest BCUT2D eigenvalue weighted by atomic mass is 9.95.